The number of nitrogens with one attached hydrogen (secondary N) is 1. The van der Waals surface area contributed by atoms with Crippen molar-refractivity contribution in [2.75, 3.05) is 0 Å². The van der Waals surface area contributed by atoms with E-state index in [4.69, 9.17) is 0 Å². The molecule has 4 rings (SSSR count). The van der Waals surface area contributed by atoms with E-state index in [1.54, 1.807) is 24.5 Å². The third kappa shape index (κ3) is 3.33. The summed E-state index contributed by atoms with van der Waals surface area (Å²) < 4.78 is 13.0. The van der Waals surface area contributed by atoms with Gasteiger partial charge >= 0.3 is 0 Å². The summed E-state index contributed by atoms with van der Waals surface area (Å²) >= 11 is 0. The van der Waals surface area contributed by atoms with Crippen LogP contribution in [0.25, 0.3) is 10.9 Å². The van der Waals surface area contributed by atoms with Crippen LogP contribution in [0.3, 0.4) is 0 Å². The molecule has 1 fully saturated rings. The quantitative estimate of drug-likeness (QED) is 0.574. The Labute approximate surface area is 150 Å². The lowest BCUT2D eigenvalue weighted by molar-refractivity contribution is -0.122. The highest BCUT2D eigenvalue weighted by atomic mass is 19.1. The minimum absolute atomic E-state index is 0.0971. The standard InChI is InChI=1S/C21H18FN3O/c1-13-9-14(10-16-3-2-8-23-20(13)16)12-24-25-21(26)19-11-18(19)15-4-6-17(22)7-5-15/h2-10,12,18-19H,11H2,1H3,(H,25,26)/t18-,19+/m0/s1. The van der Waals surface area contributed by atoms with Gasteiger partial charge in [0, 0.05) is 17.5 Å². The first-order chi connectivity index (χ1) is 12.6. The Morgan fingerprint density at radius 2 is 2.08 bits per heavy atom. The first-order valence-electron chi connectivity index (χ1n) is 8.55. The zero-order valence-electron chi connectivity index (χ0n) is 14.3. The fourth-order valence-corrected chi connectivity index (χ4v) is 3.29. The highest BCUT2D eigenvalue weighted by Gasteiger charge is 2.43. The lowest BCUT2D eigenvalue weighted by Gasteiger charge is -2.03. The van der Waals surface area contributed by atoms with E-state index in [-0.39, 0.29) is 23.6 Å². The Morgan fingerprint density at radius 3 is 2.88 bits per heavy atom. The number of carbonyl (C=O) groups excluding carboxylic acids is 1. The molecule has 5 heteroatoms. The molecule has 1 saturated carbocycles. The van der Waals surface area contributed by atoms with Gasteiger partial charge in [-0.3, -0.25) is 9.78 Å². The minimum atomic E-state index is -0.263. The zero-order chi connectivity index (χ0) is 18.1. The van der Waals surface area contributed by atoms with Crippen LogP contribution in [-0.2, 0) is 4.79 Å². The van der Waals surface area contributed by atoms with Crippen LogP contribution in [0.1, 0.15) is 29.0 Å². The Morgan fingerprint density at radius 1 is 1.27 bits per heavy atom. The second-order valence-electron chi connectivity index (χ2n) is 6.65. The van der Waals surface area contributed by atoms with Gasteiger partial charge in [-0.05, 0) is 66.3 Å². The molecule has 3 aromatic rings. The van der Waals surface area contributed by atoms with Crippen molar-refractivity contribution in [3.05, 3.63) is 77.2 Å². The van der Waals surface area contributed by atoms with Gasteiger partial charge in [-0.2, -0.15) is 5.10 Å². The van der Waals surface area contributed by atoms with E-state index >= 15 is 0 Å². The first kappa shape index (κ1) is 16.4. The van der Waals surface area contributed by atoms with Crippen molar-refractivity contribution >= 4 is 23.0 Å². The fraction of sp³-hybridized carbons (Fsp3) is 0.190. The molecule has 0 spiro atoms. The number of nitrogens with zero attached hydrogens (tertiary/aromatic N) is 2. The Balaban J connectivity index is 1.40. The zero-order valence-corrected chi connectivity index (χ0v) is 14.3. The molecule has 0 aliphatic heterocycles. The summed E-state index contributed by atoms with van der Waals surface area (Å²) in [7, 11) is 0. The molecule has 2 atom stereocenters. The van der Waals surface area contributed by atoms with Crippen LogP contribution < -0.4 is 5.43 Å². The Bertz CT molecular complexity index is 998. The molecule has 1 amide bonds. The summed E-state index contributed by atoms with van der Waals surface area (Å²) in [4.78, 5) is 16.6. The molecule has 1 N–H and O–H groups in total. The van der Waals surface area contributed by atoms with E-state index in [9.17, 15) is 9.18 Å². The summed E-state index contributed by atoms with van der Waals surface area (Å²) in [6, 6.07) is 14.2. The average Bonchev–Trinajstić information content (AvgIpc) is 3.43. The lowest BCUT2D eigenvalue weighted by atomic mass is 10.1. The van der Waals surface area contributed by atoms with Crippen molar-refractivity contribution in [1.29, 1.82) is 0 Å². The van der Waals surface area contributed by atoms with Crippen molar-refractivity contribution in [2.45, 2.75) is 19.3 Å². The minimum Gasteiger partial charge on any atom is -0.273 e. The first-order valence-corrected chi connectivity index (χ1v) is 8.55. The Kier molecular flexibility index (Phi) is 4.21. The van der Waals surface area contributed by atoms with Gasteiger partial charge in [0.1, 0.15) is 5.82 Å². The monoisotopic (exact) mass is 347 g/mol. The van der Waals surface area contributed by atoms with Crippen LogP contribution in [0.15, 0.2) is 59.8 Å². The number of rotatable bonds is 4. The van der Waals surface area contributed by atoms with E-state index < -0.39 is 0 Å². The van der Waals surface area contributed by atoms with E-state index in [2.05, 4.69) is 15.5 Å². The number of fused-ring (bicyclic) bond motifs is 1. The number of hydrogen-bond acceptors (Lipinski definition) is 3. The number of pyridine rings is 1. The van der Waals surface area contributed by atoms with Crippen LogP contribution in [0.2, 0.25) is 0 Å². The molecule has 26 heavy (non-hydrogen) atoms. The van der Waals surface area contributed by atoms with Crippen molar-refractivity contribution < 1.29 is 9.18 Å². The molecular formula is C21H18FN3O. The third-order valence-electron chi connectivity index (χ3n) is 4.73. The van der Waals surface area contributed by atoms with Gasteiger partial charge in [0.15, 0.2) is 0 Å². The van der Waals surface area contributed by atoms with Gasteiger partial charge < -0.3 is 0 Å². The lowest BCUT2D eigenvalue weighted by Crippen LogP contribution is -2.20. The molecule has 0 radical (unpaired) electrons. The number of halogens is 1. The molecule has 0 unspecified atom stereocenters. The number of aromatic nitrogens is 1. The molecular weight excluding hydrogens is 329 g/mol. The van der Waals surface area contributed by atoms with E-state index in [0.29, 0.717) is 0 Å². The van der Waals surface area contributed by atoms with Gasteiger partial charge in [0.05, 0.1) is 11.7 Å². The largest absolute Gasteiger partial charge is 0.273 e. The smallest absolute Gasteiger partial charge is 0.243 e. The summed E-state index contributed by atoms with van der Waals surface area (Å²) in [6.45, 7) is 2.00. The maximum Gasteiger partial charge on any atom is 0.243 e. The van der Waals surface area contributed by atoms with Gasteiger partial charge in [-0.1, -0.05) is 18.2 Å². The highest BCUT2D eigenvalue weighted by Crippen LogP contribution is 2.47. The van der Waals surface area contributed by atoms with Crippen molar-refractivity contribution in [1.82, 2.24) is 10.4 Å². The highest BCUT2D eigenvalue weighted by molar-refractivity contribution is 5.91. The number of amides is 1. The van der Waals surface area contributed by atoms with Gasteiger partial charge in [-0.25, -0.2) is 9.82 Å². The predicted molar refractivity (Wildman–Crippen MR) is 99.5 cm³/mol. The van der Waals surface area contributed by atoms with Crippen molar-refractivity contribution in [3.8, 4) is 0 Å². The van der Waals surface area contributed by atoms with Gasteiger partial charge in [-0.15, -0.1) is 0 Å². The topological polar surface area (TPSA) is 54.4 Å². The molecule has 130 valence electrons. The average molecular weight is 347 g/mol. The molecule has 1 aliphatic rings. The van der Waals surface area contributed by atoms with Gasteiger partial charge in [0.2, 0.25) is 5.91 Å². The SMILES string of the molecule is Cc1cc(C=NNC(=O)[C@@H]2C[C@H]2c2ccc(F)cc2)cc2cccnc12. The molecule has 2 aromatic carbocycles. The molecule has 0 saturated heterocycles. The second kappa shape index (κ2) is 6.67. The van der Waals surface area contributed by atoms with E-state index in [1.807, 2.05) is 31.2 Å². The van der Waals surface area contributed by atoms with Gasteiger partial charge in [0.25, 0.3) is 0 Å². The summed E-state index contributed by atoms with van der Waals surface area (Å²) in [5.41, 5.74) is 6.55. The van der Waals surface area contributed by atoms with Crippen LogP contribution in [0.4, 0.5) is 4.39 Å². The molecule has 1 aromatic heterocycles. The van der Waals surface area contributed by atoms with Crippen molar-refractivity contribution in [2.24, 2.45) is 11.0 Å². The molecule has 1 heterocycles. The number of aryl methyl sites for hydroxylation is 1. The maximum absolute atomic E-state index is 13.0. The summed E-state index contributed by atoms with van der Waals surface area (Å²) in [6.07, 6.45) is 4.19. The summed E-state index contributed by atoms with van der Waals surface area (Å²) in [5.74, 6) is -0.310. The number of hydrogen-bond donors (Lipinski definition) is 1. The normalized spacial score (nSPS) is 19.0. The van der Waals surface area contributed by atoms with E-state index in [0.717, 1.165) is 34.0 Å². The fourth-order valence-electron chi connectivity index (χ4n) is 3.29. The second-order valence-corrected chi connectivity index (χ2v) is 6.65. The molecule has 1 aliphatic carbocycles. The Hall–Kier alpha value is -3.08. The van der Waals surface area contributed by atoms with Crippen molar-refractivity contribution in [3.63, 3.8) is 0 Å². The van der Waals surface area contributed by atoms with Crippen LogP contribution >= 0.6 is 0 Å². The molecule has 4 nitrogen and oxygen atoms in total. The van der Waals surface area contributed by atoms with Crippen LogP contribution in [0.5, 0.6) is 0 Å². The third-order valence-corrected chi connectivity index (χ3v) is 4.73. The number of carbonyl (C=O) groups is 1. The van der Waals surface area contributed by atoms with Crippen LogP contribution in [-0.4, -0.2) is 17.1 Å². The number of benzene rings is 2. The number of hydrazone groups is 1. The predicted octanol–water partition coefficient (Wildman–Crippen LogP) is 3.94. The maximum atomic E-state index is 13.0. The molecule has 0 bridgehead atoms. The summed E-state index contributed by atoms with van der Waals surface area (Å²) in [5, 5.41) is 5.13. The van der Waals surface area contributed by atoms with Crippen LogP contribution in [0, 0.1) is 18.7 Å². The van der Waals surface area contributed by atoms with E-state index in [1.165, 1.54) is 12.1 Å².